The van der Waals surface area contributed by atoms with Crippen molar-refractivity contribution in [1.82, 2.24) is 20.2 Å². The summed E-state index contributed by atoms with van der Waals surface area (Å²) in [5, 5.41) is 2.78. The van der Waals surface area contributed by atoms with E-state index in [1.165, 1.54) is 30.7 Å². The molecule has 0 spiro atoms. The molecule has 0 aliphatic carbocycles. The quantitative estimate of drug-likeness (QED) is 0.786. The third-order valence-corrected chi connectivity index (χ3v) is 3.67. The molecule has 2 rings (SSSR count). The standard InChI is InChI=1S/C19H23FN4O2/c1-14(2)13-24(19(26)17-12-21-8-9-22-17)10-7-18(25)23-11-15-3-5-16(20)6-4-15/h3-6,8-9,12,14H,7,10-11,13H2,1-2H3,(H,23,25). The Morgan fingerprint density at radius 3 is 2.54 bits per heavy atom. The molecule has 0 bridgehead atoms. The van der Waals surface area contributed by atoms with Crippen LogP contribution in [0, 0.1) is 11.7 Å². The van der Waals surface area contributed by atoms with Crippen LogP contribution in [0.5, 0.6) is 0 Å². The fourth-order valence-corrected chi connectivity index (χ4v) is 2.42. The van der Waals surface area contributed by atoms with Gasteiger partial charge in [-0.3, -0.25) is 14.6 Å². The van der Waals surface area contributed by atoms with Crippen LogP contribution in [0.3, 0.4) is 0 Å². The third kappa shape index (κ3) is 6.23. The van der Waals surface area contributed by atoms with Crippen LogP contribution in [0.25, 0.3) is 0 Å². The molecule has 1 aromatic carbocycles. The predicted octanol–water partition coefficient (Wildman–Crippen LogP) is 2.42. The molecule has 2 amide bonds. The fraction of sp³-hybridized carbons (Fsp3) is 0.368. The van der Waals surface area contributed by atoms with Crippen molar-refractivity contribution in [3.05, 3.63) is 59.9 Å². The lowest BCUT2D eigenvalue weighted by atomic mass is 10.2. The van der Waals surface area contributed by atoms with Crippen molar-refractivity contribution in [1.29, 1.82) is 0 Å². The number of rotatable bonds is 8. The molecule has 0 fully saturated rings. The second kappa shape index (κ2) is 9.60. The van der Waals surface area contributed by atoms with E-state index in [9.17, 15) is 14.0 Å². The zero-order chi connectivity index (χ0) is 18.9. The van der Waals surface area contributed by atoms with Crippen LogP contribution in [0.1, 0.15) is 36.3 Å². The average molecular weight is 358 g/mol. The first-order chi connectivity index (χ1) is 12.5. The molecule has 1 N–H and O–H groups in total. The van der Waals surface area contributed by atoms with Crippen molar-refractivity contribution < 1.29 is 14.0 Å². The van der Waals surface area contributed by atoms with Crippen LogP contribution in [-0.4, -0.2) is 39.8 Å². The molecule has 0 aliphatic rings. The topological polar surface area (TPSA) is 75.2 Å². The molecular weight excluding hydrogens is 335 g/mol. The molecule has 6 nitrogen and oxygen atoms in total. The van der Waals surface area contributed by atoms with Gasteiger partial charge < -0.3 is 10.2 Å². The predicted molar refractivity (Wildman–Crippen MR) is 95.6 cm³/mol. The number of nitrogens with zero attached hydrogens (tertiary/aromatic N) is 3. The van der Waals surface area contributed by atoms with Crippen LogP contribution in [0.4, 0.5) is 4.39 Å². The molecular formula is C19H23FN4O2. The minimum absolute atomic E-state index is 0.171. The van der Waals surface area contributed by atoms with Gasteiger partial charge in [-0.1, -0.05) is 26.0 Å². The number of halogens is 1. The normalized spacial score (nSPS) is 10.6. The summed E-state index contributed by atoms with van der Waals surface area (Å²) in [6.07, 6.45) is 4.58. The monoisotopic (exact) mass is 358 g/mol. The number of benzene rings is 1. The summed E-state index contributed by atoms with van der Waals surface area (Å²) in [6.45, 7) is 5.15. The summed E-state index contributed by atoms with van der Waals surface area (Å²) in [7, 11) is 0. The molecule has 138 valence electrons. The Labute approximate surface area is 152 Å². The summed E-state index contributed by atoms with van der Waals surface area (Å²) < 4.78 is 12.9. The Hall–Kier alpha value is -2.83. The van der Waals surface area contributed by atoms with Crippen LogP contribution in [0.2, 0.25) is 0 Å². The summed E-state index contributed by atoms with van der Waals surface area (Å²) in [4.78, 5) is 34.2. The highest BCUT2D eigenvalue weighted by Crippen LogP contribution is 2.06. The smallest absolute Gasteiger partial charge is 0.274 e. The van der Waals surface area contributed by atoms with Crippen LogP contribution in [0.15, 0.2) is 42.9 Å². The first-order valence-electron chi connectivity index (χ1n) is 8.52. The molecule has 1 aromatic heterocycles. The molecule has 0 radical (unpaired) electrons. The van der Waals surface area contributed by atoms with E-state index in [1.807, 2.05) is 13.8 Å². The zero-order valence-corrected chi connectivity index (χ0v) is 15.0. The van der Waals surface area contributed by atoms with Gasteiger partial charge in [-0.25, -0.2) is 9.37 Å². The Morgan fingerprint density at radius 2 is 1.92 bits per heavy atom. The van der Waals surface area contributed by atoms with Crippen molar-refractivity contribution in [3.8, 4) is 0 Å². The van der Waals surface area contributed by atoms with E-state index in [1.54, 1.807) is 17.0 Å². The highest BCUT2D eigenvalue weighted by molar-refractivity contribution is 5.92. The van der Waals surface area contributed by atoms with Crippen molar-refractivity contribution >= 4 is 11.8 Å². The second-order valence-corrected chi connectivity index (χ2v) is 6.39. The van der Waals surface area contributed by atoms with Crippen molar-refractivity contribution in [2.45, 2.75) is 26.8 Å². The summed E-state index contributed by atoms with van der Waals surface area (Å²) in [6, 6.07) is 5.95. The second-order valence-electron chi connectivity index (χ2n) is 6.39. The van der Waals surface area contributed by atoms with Gasteiger partial charge in [0.05, 0.1) is 6.20 Å². The number of hydrogen-bond acceptors (Lipinski definition) is 4. The Morgan fingerprint density at radius 1 is 1.19 bits per heavy atom. The lowest BCUT2D eigenvalue weighted by Crippen LogP contribution is -2.38. The lowest BCUT2D eigenvalue weighted by Gasteiger charge is -2.24. The lowest BCUT2D eigenvalue weighted by molar-refractivity contribution is -0.121. The maximum atomic E-state index is 12.9. The van der Waals surface area contributed by atoms with E-state index in [4.69, 9.17) is 0 Å². The molecule has 7 heteroatoms. The zero-order valence-electron chi connectivity index (χ0n) is 15.0. The van der Waals surface area contributed by atoms with Crippen LogP contribution >= 0.6 is 0 Å². The van der Waals surface area contributed by atoms with Gasteiger partial charge in [-0.2, -0.15) is 0 Å². The highest BCUT2D eigenvalue weighted by Gasteiger charge is 2.19. The Kier molecular flexibility index (Phi) is 7.20. The minimum atomic E-state index is -0.313. The maximum Gasteiger partial charge on any atom is 0.274 e. The summed E-state index contributed by atoms with van der Waals surface area (Å²) in [5.74, 6) is -0.460. The number of hydrogen-bond donors (Lipinski definition) is 1. The third-order valence-electron chi connectivity index (χ3n) is 3.67. The Bertz CT molecular complexity index is 720. The maximum absolute atomic E-state index is 12.9. The molecule has 0 atom stereocenters. The van der Waals surface area contributed by atoms with E-state index >= 15 is 0 Å². The SMILES string of the molecule is CC(C)CN(CCC(=O)NCc1ccc(F)cc1)C(=O)c1cnccn1. The first-order valence-corrected chi connectivity index (χ1v) is 8.52. The summed E-state index contributed by atoms with van der Waals surface area (Å²) >= 11 is 0. The largest absolute Gasteiger partial charge is 0.352 e. The van der Waals surface area contributed by atoms with E-state index in [0.29, 0.717) is 19.6 Å². The van der Waals surface area contributed by atoms with Crippen LogP contribution in [-0.2, 0) is 11.3 Å². The number of aromatic nitrogens is 2. The molecule has 26 heavy (non-hydrogen) atoms. The highest BCUT2D eigenvalue weighted by atomic mass is 19.1. The van der Waals surface area contributed by atoms with E-state index in [0.717, 1.165) is 5.56 Å². The number of carbonyl (C=O) groups excluding carboxylic acids is 2. The Balaban J connectivity index is 1.88. The molecule has 2 aromatic rings. The molecule has 0 aliphatic heterocycles. The molecule has 0 saturated heterocycles. The van der Waals surface area contributed by atoms with Crippen molar-refractivity contribution in [2.75, 3.05) is 13.1 Å². The first kappa shape index (κ1) is 19.5. The fourth-order valence-electron chi connectivity index (χ4n) is 2.42. The minimum Gasteiger partial charge on any atom is -0.352 e. The van der Waals surface area contributed by atoms with E-state index in [2.05, 4.69) is 15.3 Å². The number of carbonyl (C=O) groups is 2. The van der Waals surface area contributed by atoms with Gasteiger partial charge in [-0.15, -0.1) is 0 Å². The number of nitrogens with one attached hydrogen (secondary N) is 1. The average Bonchev–Trinajstić information content (AvgIpc) is 2.64. The summed E-state index contributed by atoms with van der Waals surface area (Å²) in [5.41, 5.74) is 1.08. The molecule has 0 unspecified atom stereocenters. The van der Waals surface area contributed by atoms with Gasteiger partial charge >= 0.3 is 0 Å². The van der Waals surface area contributed by atoms with Gasteiger partial charge in [-0.05, 0) is 23.6 Å². The van der Waals surface area contributed by atoms with E-state index in [-0.39, 0.29) is 35.7 Å². The van der Waals surface area contributed by atoms with Gasteiger partial charge in [0, 0.05) is 38.4 Å². The van der Waals surface area contributed by atoms with Gasteiger partial charge in [0.2, 0.25) is 5.91 Å². The molecule has 0 saturated carbocycles. The van der Waals surface area contributed by atoms with Crippen LogP contribution < -0.4 is 5.32 Å². The van der Waals surface area contributed by atoms with Gasteiger partial charge in [0.15, 0.2) is 0 Å². The van der Waals surface area contributed by atoms with Crippen molar-refractivity contribution in [2.24, 2.45) is 5.92 Å². The van der Waals surface area contributed by atoms with Gasteiger partial charge in [0.1, 0.15) is 11.5 Å². The number of amides is 2. The van der Waals surface area contributed by atoms with Crippen molar-refractivity contribution in [3.63, 3.8) is 0 Å². The molecule has 1 heterocycles. The van der Waals surface area contributed by atoms with E-state index < -0.39 is 0 Å². The van der Waals surface area contributed by atoms with Gasteiger partial charge in [0.25, 0.3) is 5.91 Å².